The highest BCUT2D eigenvalue weighted by Crippen LogP contribution is 2.27. The van der Waals surface area contributed by atoms with Gasteiger partial charge in [-0.1, -0.05) is 23.5 Å². The van der Waals surface area contributed by atoms with Crippen LogP contribution < -0.4 is 5.32 Å². The molecule has 0 amide bonds. The Morgan fingerprint density at radius 1 is 1.43 bits per heavy atom. The molecule has 21 heavy (non-hydrogen) atoms. The molecule has 1 aromatic heterocycles. The molecule has 6 nitrogen and oxygen atoms in total. The van der Waals surface area contributed by atoms with E-state index in [-0.39, 0.29) is 16.4 Å². The molecule has 0 unspecified atom stereocenters. The number of methoxy groups -OCH3 is 1. The monoisotopic (exact) mass is 306 g/mol. The number of thiazole rings is 1. The number of carbonyl (C=O) groups is 2. The van der Waals surface area contributed by atoms with E-state index in [0.29, 0.717) is 11.7 Å². The second-order valence-corrected chi connectivity index (χ2v) is 5.32. The first-order valence-corrected chi connectivity index (χ1v) is 6.93. The van der Waals surface area contributed by atoms with Crippen LogP contribution in [-0.4, -0.2) is 29.0 Å². The Labute approximate surface area is 125 Å². The number of hydrogen-bond acceptors (Lipinski definition) is 6. The molecule has 0 spiro atoms. The maximum Gasteiger partial charge on any atom is 0.356 e. The van der Waals surface area contributed by atoms with Gasteiger partial charge < -0.3 is 15.2 Å². The maximum absolute atomic E-state index is 11.4. The SMILES string of the molecule is COCc1cccc(Nc2nc(C(=O)O)c(C(C)=O)s2)c1. The number of ketones is 1. The molecule has 0 saturated carbocycles. The van der Waals surface area contributed by atoms with E-state index in [1.165, 1.54) is 6.92 Å². The van der Waals surface area contributed by atoms with Crippen LogP contribution in [0.1, 0.15) is 32.6 Å². The number of carboxylic acids is 1. The average molecular weight is 306 g/mol. The number of aromatic nitrogens is 1. The number of rotatable bonds is 6. The molecule has 1 heterocycles. The Hall–Kier alpha value is -2.25. The highest BCUT2D eigenvalue weighted by atomic mass is 32.1. The molecule has 0 bridgehead atoms. The normalized spacial score (nSPS) is 10.4. The molecule has 0 atom stereocenters. The molecule has 0 saturated heterocycles. The van der Waals surface area contributed by atoms with Gasteiger partial charge in [-0.25, -0.2) is 9.78 Å². The first-order chi connectivity index (χ1) is 10.0. The van der Waals surface area contributed by atoms with Crippen molar-refractivity contribution in [2.75, 3.05) is 12.4 Å². The first-order valence-electron chi connectivity index (χ1n) is 6.11. The van der Waals surface area contributed by atoms with E-state index in [0.717, 1.165) is 22.6 Å². The van der Waals surface area contributed by atoms with Crippen LogP contribution in [0.5, 0.6) is 0 Å². The van der Waals surface area contributed by atoms with Crippen LogP contribution in [-0.2, 0) is 11.3 Å². The Morgan fingerprint density at radius 2 is 2.19 bits per heavy atom. The van der Waals surface area contributed by atoms with Crippen LogP contribution in [0.2, 0.25) is 0 Å². The molecule has 2 aromatic rings. The smallest absolute Gasteiger partial charge is 0.356 e. The topological polar surface area (TPSA) is 88.5 Å². The summed E-state index contributed by atoms with van der Waals surface area (Å²) in [7, 11) is 1.61. The average Bonchev–Trinajstić information content (AvgIpc) is 2.84. The fraction of sp³-hybridized carbons (Fsp3) is 0.214. The van der Waals surface area contributed by atoms with Gasteiger partial charge in [0.05, 0.1) is 6.61 Å². The zero-order chi connectivity index (χ0) is 15.4. The number of hydrogen-bond donors (Lipinski definition) is 2. The van der Waals surface area contributed by atoms with Gasteiger partial charge in [-0.3, -0.25) is 4.79 Å². The number of nitrogens with zero attached hydrogens (tertiary/aromatic N) is 1. The van der Waals surface area contributed by atoms with E-state index in [9.17, 15) is 9.59 Å². The summed E-state index contributed by atoms with van der Waals surface area (Å²) in [5.41, 5.74) is 1.51. The minimum absolute atomic E-state index is 0.137. The van der Waals surface area contributed by atoms with Gasteiger partial charge in [-0.15, -0.1) is 0 Å². The van der Waals surface area contributed by atoms with E-state index in [1.54, 1.807) is 7.11 Å². The Morgan fingerprint density at radius 3 is 2.76 bits per heavy atom. The minimum atomic E-state index is -1.21. The molecular weight excluding hydrogens is 292 g/mol. The molecular formula is C14H14N2O4S. The van der Waals surface area contributed by atoms with Gasteiger partial charge in [0.2, 0.25) is 0 Å². The predicted octanol–water partition coefficient (Wildman–Crippen LogP) is 2.93. The van der Waals surface area contributed by atoms with Crippen molar-refractivity contribution in [3.8, 4) is 0 Å². The van der Waals surface area contributed by atoms with Crippen molar-refractivity contribution in [3.63, 3.8) is 0 Å². The van der Waals surface area contributed by atoms with Gasteiger partial charge in [0.1, 0.15) is 4.88 Å². The van der Waals surface area contributed by atoms with Crippen molar-refractivity contribution in [2.45, 2.75) is 13.5 Å². The van der Waals surface area contributed by atoms with E-state index in [2.05, 4.69) is 10.3 Å². The van der Waals surface area contributed by atoms with Crippen molar-refractivity contribution < 1.29 is 19.4 Å². The summed E-state index contributed by atoms with van der Waals surface area (Å²) in [6.07, 6.45) is 0. The fourth-order valence-corrected chi connectivity index (χ4v) is 2.66. The van der Waals surface area contributed by atoms with E-state index in [1.807, 2.05) is 24.3 Å². The fourth-order valence-electron chi connectivity index (χ4n) is 1.79. The summed E-state index contributed by atoms with van der Waals surface area (Å²) < 4.78 is 5.06. The zero-order valence-corrected chi connectivity index (χ0v) is 12.4. The van der Waals surface area contributed by atoms with Crippen LogP contribution in [0, 0.1) is 0 Å². The molecule has 0 aliphatic rings. The molecule has 110 valence electrons. The third-order valence-corrected chi connectivity index (χ3v) is 3.71. The molecule has 2 N–H and O–H groups in total. The molecule has 0 radical (unpaired) electrons. The van der Waals surface area contributed by atoms with Crippen LogP contribution in [0.4, 0.5) is 10.8 Å². The summed E-state index contributed by atoms with van der Waals surface area (Å²) in [6.45, 7) is 1.80. The molecule has 0 fully saturated rings. The zero-order valence-electron chi connectivity index (χ0n) is 11.5. The van der Waals surface area contributed by atoms with Crippen LogP contribution in [0.15, 0.2) is 24.3 Å². The summed E-state index contributed by atoms with van der Waals surface area (Å²) in [6, 6.07) is 7.47. The Kier molecular flexibility index (Phi) is 4.66. The van der Waals surface area contributed by atoms with Crippen LogP contribution in [0.3, 0.4) is 0 Å². The third kappa shape index (κ3) is 3.65. The van der Waals surface area contributed by atoms with Gasteiger partial charge in [-0.2, -0.15) is 0 Å². The first kappa shape index (κ1) is 15.1. The minimum Gasteiger partial charge on any atom is -0.476 e. The number of carboxylic acid groups (broad SMARTS) is 1. The molecule has 0 aliphatic carbocycles. The number of aromatic carboxylic acids is 1. The van der Waals surface area contributed by atoms with Crippen LogP contribution in [0.25, 0.3) is 0 Å². The van der Waals surface area contributed by atoms with Crippen molar-refractivity contribution in [3.05, 3.63) is 40.4 Å². The highest BCUT2D eigenvalue weighted by molar-refractivity contribution is 7.17. The van der Waals surface area contributed by atoms with Crippen LogP contribution >= 0.6 is 11.3 Å². The lowest BCUT2D eigenvalue weighted by molar-refractivity contribution is 0.0687. The predicted molar refractivity (Wildman–Crippen MR) is 79.5 cm³/mol. The lowest BCUT2D eigenvalue weighted by Crippen LogP contribution is -2.03. The quantitative estimate of drug-likeness (QED) is 0.798. The molecule has 0 aliphatic heterocycles. The van der Waals surface area contributed by atoms with Crippen molar-refractivity contribution in [2.24, 2.45) is 0 Å². The van der Waals surface area contributed by atoms with Crippen molar-refractivity contribution in [1.82, 2.24) is 4.98 Å². The van der Waals surface area contributed by atoms with E-state index < -0.39 is 5.97 Å². The summed E-state index contributed by atoms with van der Waals surface area (Å²) >= 11 is 1.03. The molecule has 1 aromatic carbocycles. The van der Waals surface area contributed by atoms with Gasteiger partial charge in [-0.05, 0) is 17.7 Å². The Balaban J connectivity index is 2.27. The largest absolute Gasteiger partial charge is 0.476 e. The van der Waals surface area contributed by atoms with Crippen molar-refractivity contribution >= 4 is 33.9 Å². The Bertz CT molecular complexity index is 650. The number of nitrogens with one attached hydrogen (secondary N) is 1. The second kappa shape index (κ2) is 6.47. The molecule has 7 heteroatoms. The second-order valence-electron chi connectivity index (χ2n) is 4.32. The number of anilines is 2. The lowest BCUT2D eigenvalue weighted by Gasteiger charge is -2.05. The summed E-state index contributed by atoms with van der Waals surface area (Å²) in [5, 5.41) is 12.4. The molecule has 2 rings (SSSR count). The number of benzene rings is 1. The number of Topliss-reactive ketones (excluding diaryl/α,β-unsaturated/α-hetero) is 1. The van der Waals surface area contributed by atoms with E-state index in [4.69, 9.17) is 9.84 Å². The lowest BCUT2D eigenvalue weighted by atomic mass is 10.2. The van der Waals surface area contributed by atoms with Crippen molar-refractivity contribution in [1.29, 1.82) is 0 Å². The third-order valence-electron chi connectivity index (χ3n) is 2.64. The standard InChI is InChI=1S/C14H14N2O4S/c1-8(17)12-11(13(18)19)16-14(21-12)15-10-5-3-4-9(6-10)7-20-2/h3-6H,7H2,1-2H3,(H,15,16)(H,18,19). The summed E-state index contributed by atoms with van der Waals surface area (Å²) in [4.78, 5) is 26.6. The maximum atomic E-state index is 11.4. The number of carbonyl (C=O) groups excluding carboxylic acids is 1. The number of ether oxygens (including phenoxy) is 1. The van der Waals surface area contributed by atoms with Gasteiger partial charge in [0.15, 0.2) is 16.6 Å². The van der Waals surface area contributed by atoms with Gasteiger partial charge in [0, 0.05) is 19.7 Å². The van der Waals surface area contributed by atoms with E-state index >= 15 is 0 Å². The van der Waals surface area contributed by atoms with Gasteiger partial charge >= 0.3 is 5.97 Å². The summed E-state index contributed by atoms with van der Waals surface area (Å²) in [5.74, 6) is -1.52. The van der Waals surface area contributed by atoms with Gasteiger partial charge in [0.25, 0.3) is 0 Å². The highest BCUT2D eigenvalue weighted by Gasteiger charge is 2.20.